The van der Waals surface area contributed by atoms with Crippen molar-refractivity contribution in [3.63, 3.8) is 0 Å². The number of aromatic nitrogens is 3. The first-order valence-electron chi connectivity index (χ1n) is 10.9. The van der Waals surface area contributed by atoms with Gasteiger partial charge in [-0.05, 0) is 37.1 Å². The van der Waals surface area contributed by atoms with Gasteiger partial charge in [0.1, 0.15) is 28.8 Å². The van der Waals surface area contributed by atoms with E-state index in [-0.39, 0.29) is 11.9 Å². The Balaban J connectivity index is 1.38. The van der Waals surface area contributed by atoms with Crippen LogP contribution in [0.1, 0.15) is 31.4 Å². The lowest BCUT2D eigenvalue weighted by Crippen LogP contribution is -2.39. The highest BCUT2D eigenvalue weighted by Crippen LogP contribution is 2.47. The fourth-order valence-electron chi connectivity index (χ4n) is 4.09. The second-order valence-corrected chi connectivity index (χ2v) is 8.45. The van der Waals surface area contributed by atoms with Gasteiger partial charge in [-0.2, -0.15) is 5.26 Å². The zero-order chi connectivity index (χ0) is 23.0. The van der Waals surface area contributed by atoms with E-state index in [2.05, 4.69) is 20.9 Å². The Kier molecular flexibility index (Phi) is 5.29. The van der Waals surface area contributed by atoms with Gasteiger partial charge in [-0.25, -0.2) is 23.7 Å². The predicted octanol–water partition coefficient (Wildman–Crippen LogP) is 4.00. The van der Waals surface area contributed by atoms with E-state index in [0.717, 1.165) is 18.9 Å². The van der Waals surface area contributed by atoms with Crippen LogP contribution < -0.4 is 15.4 Å². The van der Waals surface area contributed by atoms with E-state index in [4.69, 9.17) is 15.5 Å². The first kappa shape index (κ1) is 21.1. The van der Waals surface area contributed by atoms with Gasteiger partial charge >= 0.3 is 0 Å². The molecule has 2 N–H and O–H groups in total. The molecular formula is C24H22F2N6O. The molecule has 0 bridgehead atoms. The lowest BCUT2D eigenvalue weighted by atomic mass is 10.0. The van der Waals surface area contributed by atoms with E-state index >= 15 is 0 Å². The molecule has 1 saturated carbocycles. The largest absolute Gasteiger partial charge is 0.487 e. The molecule has 1 aliphatic carbocycles. The number of hydrogen-bond donors (Lipinski definition) is 1. The summed E-state index contributed by atoms with van der Waals surface area (Å²) < 4.78 is 32.9. The highest BCUT2D eigenvalue weighted by molar-refractivity contribution is 5.71. The number of benzene rings is 1. The summed E-state index contributed by atoms with van der Waals surface area (Å²) in [4.78, 5) is 16.0. The highest BCUT2D eigenvalue weighted by atomic mass is 19.1. The summed E-state index contributed by atoms with van der Waals surface area (Å²) in [6.07, 6.45) is 4.28. The second-order valence-electron chi connectivity index (χ2n) is 8.45. The van der Waals surface area contributed by atoms with Gasteiger partial charge in [0.15, 0.2) is 17.4 Å². The Labute approximate surface area is 189 Å². The lowest BCUT2D eigenvalue weighted by Gasteiger charge is -2.33. The van der Waals surface area contributed by atoms with Crippen molar-refractivity contribution in [2.45, 2.75) is 37.2 Å². The van der Waals surface area contributed by atoms with Gasteiger partial charge in [-0.3, -0.25) is 0 Å². The number of nitriles is 1. The minimum atomic E-state index is -0.708. The van der Waals surface area contributed by atoms with Gasteiger partial charge < -0.3 is 15.4 Å². The molecule has 0 radical (unpaired) electrons. The summed E-state index contributed by atoms with van der Waals surface area (Å²) in [5.41, 5.74) is 7.17. The molecule has 9 heteroatoms. The molecule has 0 unspecified atom stereocenters. The quantitative estimate of drug-likeness (QED) is 0.629. The van der Waals surface area contributed by atoms with Gasteiger partial charge in [-0.15, -0.1) is 0 Å². The summed E-state index contributed by atoms with van der Waals surface area (Å²) in [5.74, 6) is -0.253. The molecule has 33 heavy (non-hydrogen) atoms. The molecule has 2 aromatic heterocycles. The smallest absolute Gasteiger partial charge is 0.167 e. The molecule has 168 valence electrons. The summed E-state index contributed by atoms with van der Waals surface area (Å²) in [7, 11) is 0. The van der Waals surface area contributed by atoms with Crippen LogP contribution in [0.5, 0.6) is 5.75 Å². The summed E-state index contributed by atoms with van der Waals surface area (Å²) in [6, 6.07) is 11.0. The van der Waals surface area contributed by atoms with Gasteiger partial charge in [-0.1, -0.05) is 6.07 Å². The Hall–Kier alpha value is -3.80. The average Bonchev–Trinajstić information content (AvgIpc) is 3.63. The molecule has 3 aromatic rings. The van der Waals surface area contributed by atoms with Crippen LogP contribution in [0.2, 0.25) is 0 Å². The van der Waals surface area contributed by atoms with Crippen LogP contribution in [0, 0.1) is 23.0 Å². The average molecular weight is 448 g/mol. The fraction of sp³-hybridized carbons (Fsp3) is 0.333. The third kappa shape index (κ3) is 4.16. The van der Waals surface area contributed by atoms with Crippen LogP contribution in [0.25, 0.3) is 11.4 Å². The monoisotopic (exact) mass is 448 g/mol. The van der Waals surface area contributed by atoms with Crippen molar-refractivity contribution < 1.29 is 13.5 Å². The molecule has 2 fully saturated rings. The second kappa shape index (κ2) is 8.28. The maximum Gasteiger partial charge on any atom is 0.167 e. The molecular weight excluding hydrogens is 426 g/mol. The summed E-state index contributed by atoms with van der Waals surface area (Å²) in [6.45, 7) is 1.22. The van der Waals surface area contributed by atoms with Crippen LogP contribution in [0.3, 0.4) is 0 Å². The zero-order valence-electron chi connectivity index (χ0n) is 17.8. The SMILES string of the molecule is N#CC1(c2cnc(N3CCC(Oc4ccc(F)cc4F)CC3)c(-c3cccc(N)n3)n2)CC1. The third-order valence-electron chi connectivity index (χ3n) is 6.15. The van der Waals surface area contributed by atoms with Gasteiger partial charge in [0.05, 0.1) is 23.7 Å². The topological polar surface area (TPSA) is 101 Å². The number of pyridine rings is 1. The van der Waals surface area contributed by atoms with Crippen molar-refractivity contribution in [1.29, 1.82) is 5.26 Å². The van der Waals surface area contributed by atoms with Crippen molar-refractivity contribution in [1.82, 2.24) is 15.0 Å². The van der Waals surface area contributed by atoms with E-state index in [1.54, 1.807) is 12.3 Å². The summed E-state index contributed by atoms with van der Waals surface area (Å²) >= 11 is 0. The lowest BCUT2D eigenvalue weighted by molar-refractivity contribution is 0.163. The van der Waals surface area contributed by atoms with Crippen LogP contribution >= 0.6 is 0 Å². The molecule has 0 spiro atoms. The van der Waals surface area contributed by atoms with Crippen molar-refractivity contribution >= 4 is 11.6 Å². The number of nitrogens with zero attached hydrogens (tertiary/aromatic N) is 5. The third-order valence-corrected chi connectivity index (χ3v) is 6.15. The molecule has 2 aliphatic rings. The summed E-state index contributed by atoms with van der Waals surface area (Å²) in [5, 5.41) is 9.59. The number of piperidine rings is 1. The molecule has 5 rings (SSSR count). The van der Waals surface area contributed by atoms with E-state index in [1.807, 2.05) is 12.1 Å². The molecule has 3 heterocycles. The predicted molar refractivity (Wildman–Crippen MR) is 118 cm³/mol. The Bertz CT molecular complexity index is 1230. The van der Waals surface area contributed by atoms with Crippen molar-refractivity contribution in [2.75, 3.05) is 23.7 Å². The standard InChI is InChI=1S/C24H22F2N6O/c25-15-4-5-19(17(26)12-15)33-16-6-10-32(11-7-16)23-22(18-2-1-3-21(28)30-18)31-20(13-29-23)24(14-27)8-9-24/h1-5,12-13,16H,6-11H2,(H2,28,30). The van der Waals surface area contributed by atoms with Crippen molar-refractivity contribution in [3.8, 4) is 23.2 Å². The Morgan fingerprint density at radius 1 is 1.12 bits per heavy atom. The highest BCUT2D eigenvalue weighted by Gasteiger charge is 2.47. The number of hydrogen-bond acceptors (Lipinski definition) is 7. The van der Waals surface area contributed by atoms with E-state index in [0.29, 0.717) is 54.6 Å². The van der Waals surface area contributed by atoms with Crippen molar-refractivity contribution in [2.24, 2.45) is 0 Å². The minimum absolute atomic E-state index is 0.0508. The molecule has 1 aliphatic heterocycles. The minimum Gasteiger partial charge on any atom is -0.487 e. The van der Waals surface area contributed by atoms with Crippen LogP contribution in [-0.2, 0) is 5.41 Å². The van der Waals surface area contributed by atoms with Gasteiger partial charge in [0.25, 0.3) is 0 Å². The maximum atomic E-state index is 14.0. The molecule has 7 nitrogen and oxygen atoms in total. The van der Waals surface area contributed by atoms with Crippen LogP contribution in [-0.4, -0.2) is 34.1 Å². The van der Waals surface area contributed by atoms with E-state index in [9.17, 15) is 14.0 Å². The van der Waals surface area contributed by atoms with E-state index in [1.165, 1.54) is 12.1 Å². The van der Waals surface area contributed by atoms with Crippen LogP contribution in [0.15, 0.2) is 42.6 Å². The number of halogens is 2. The first-order valence-corrected chi connectivity index (χ1v) is 10.9. The Morgan fingerprint density at radius 3 is 2.58 bits per heavy atom. The number of rotatable bonds is 5. The number of anilines is 2. The zero-order valence-corrected chi connectivity index (χ0v) is 17.8. The van der Waals surface area contributed by atoms with Gasteiger partial charge in [0.2, 0.25) is 0 Å². The van der Waals surface area contributed by atoms with Crippen LogP contribution in [0.4, 0.5) is 20.4 Å². The molecule has 0 amide bonds. The molecule has 1 saturated heterocycles. The first-order chi connectivity index (χ1) is 16.0. The normalized spacial score (nSPS) is 17.4. The number of ether oxygens (including phenoxy) is 1. The molecule has 1 aromatic carbocycles. The number of nitrogens with two attached hydrogens (primary N) is 1. The number of nitrogen functional groups attached to an aromatic ring is 1. The van der Waals surface area contributed by atoms with Gasteiger partial charge in [0, 0.05) is 32.0 Å². The maximum absolute atomic E-state index is 14.0. The van der Waals surface area contributed by atoms with E-state index < -0.39 is 17.0 Å². The Morgan fingerprint density at radius 2 is 1.91 bits per heavy atom. The van der Waals surface area contributed by atoms with Crippen molar-refractivity contribution in [3.05, 3.63) is 59.9 Å². The molecule has 0 atom stereocenters. The fourth-order valence-corrected chi connectivity index (χ4v) is 4.09.